The molecule has 1 aromatic carbocycles. The predicted molar refractivity (Wildman–Crippen MR) is 80.5 cm³/mol. The molecule has 5 heteroatoms. The molecule has 0 aliphatic rings. The number of carboxylic acids is 1. The molecule has 1 rings (SSSR count). The topological polar surface area (TPSA) is 75.6 Å². The lowest BCUT2D eigenvalue weighted by atomic mass is 10.1. The SMILES string of the molecule is CCCC[C@H](NC(=O)COc1cc(C)ccc1C)C(=O)O. The van der Waals surface area contributed by atoms with Crippen molar-refractivity contribution in [3.05, 3.63) is 29.3 Å². The number of carbonyl (C=O) groups is 2. The highest BCUT2D eigenvalue weighted by molar-refractivity contribution is 5.84. The number of hydrogen-bond donors (Lipinski definition) is 2. The van der Waals surface area contributed by atoms with Gasteiger partial charge in [-0.1, -0.05) is 31.9 Å². The molecule has 0 bridgehead atoms. The number of carboxylic acid groups (broad SMARTS) is 1. The molecule has 0 fully saturated rings. The fourth-order valence-electron chi connectivity index (χ4n) is 1.91. The Morgan fingerprint density at radius 1 is 1.33 bits per heavy atom. The molecule has 0 spiro atoms. The summed E-state index contributed by atoms with van der Waals surface area (Å²) in [4.78, 5) is 22.8. The highest BCUT2D eigenvalue weighted by atomic mass is 16.5. The van der Waals surface area contributed by atoms with Gasteiger partial charge in [0.25, 0.3) is 5.91 Å². The largest absolute Gasteiger partial charge is 0.483 e. The number of aryl methyl sites for hydroxylation is 2. The molecule has 0 aliphatic heterocycles. The molecule has 21 heavy (non-hydrogen) atoms. The predicted octanol–water partition coefficient (Wildman–Crippen LogP) is 2.44. The normalized spacial score (nSPS) is 11.8. The van der Waals surface area contributed by atoms with Crippen molar-refractivity contribution in [2.45, 2.75) is 46.1 Å². The van der Waals surface area contributed by atoms with Gasteiger partial charge in [-0.05, 0) is 37.5 Å². The van der Waals surface area contributed by atoms with Gasteiger partial charge >= 0.3 is 5.97 Å². The minimum absolute atomic E-state index is 0.180. The summed E-state index contributed by atoms with van der Waals surface area (Å²) in [5, 5.41) is 11.6. The molecule has 0 aliphatic carbocycles. The van der Waals surface area contributed by atoms with Gasteiger partial charge in [0.05, 0.1) is 0 Å². The number of ether oxygens (including phenoxy) is 1. The van der Waals surface area contributed by atoms with Crippen molar-refractivity contribution in [1.29, 1.82) is 0 Å². The smallest absolute Gasteiger partial charge is 0.326 e. The molecular formula is C16H23NO4. The molecular weight excluding hydrogens is 270 g/mol. The lowest BCUT2D eigenvalue weighted by Crippen LogP contribution is -2.42. The Kier molecular flexibility index (Phi) is 6.72. The summed E-state index contributed by atoms with van der Waals surface area (Å²) in [7, 11) is 0. The van der Waals surface area contributed by atoms with Crippen molar-refractivity contribution in [1.82, 2.24) is 5.32 Å². The highest BCUT2D eigenvalue weighted by Crippen LogP contribution is 2.18. The van der Waals surface area contributed by atoms with E-state index in [9.17, 15) is 9.59 Å². The van der Waals surface area contributed by atoms with Gasteiger partial charge in [0.1, 0.15) is 11.8 Å². The lowest BCUT2D eigenvalue weighted by molar-refractivity contribution is -0.142. The monoisotopic (exact) mass is 293 g/mol. The molecule has 0 saturated heterocycles. The lowest BCUT2D eigenvalue weighted by Gasteiger charge is -2.15. The summed E-state index contributed by atoms with van der Waals surface area (Å²) in [5.41, 5.74) is 1.98. The van der Waals surface area contributed by atoms with Gasteiger partial charge in [-0.2, -0.15) is 0 Å². The van der Waals surface area contributed by atoms with Crippen molar-refractivity contribution < 1.29 is 19.4 Å². The zero-order valence-electron chi connectivity index (χ0n) is 12.8. The van der Waals surface area contributed by atoms with E-state index in [1.165, 1.54) is 0 Å². The van der Waals surface area contributed by atoms with Crippen LogP contribution in [0.25, 0.3) is 0 Å². The van der Waals surface area contributed by atoms with Crippen LogP contribution in [0.4, 0.5) is 0 Å². The quantitative estimate of drug-likeness (QED) is 0.772. The molecule has 0 heterocycles. The molecule has 0 unspecified atom stereocenters. The van der Waals surface area contributed by atoms with E-state index < -0.39 is 17.9 Å². The van der Waals surface area contributed by atoms with Crippen LogP contribution in [0.2, 0.25) is 0 Å². The van der Waals surface area contributed by atoms with Gasteiger partial charge < -0.3 is 15.2 Å². The van der Waals surface area contributed by atoms with E-state index in [0.717, 1.165) is 24.0 Å². The average molecular weight is 293 g/mol. The number of unbranched alkanes of at least 4 members (excludes halogenated alkanes) is 1. The fourth-order valence-corrected chi connectivity index (χ4v) is 1.91. The zero-order chi connectivity index (χ0) is 15.8. The number of benzene rings is 1. The van der Waals surface area contributed by atoms with Crippen molar-refractivity contribution in [3.8, 4) is 5.75 Å². The van der Waals surface area contributed by atoms with Crippen LogP contribution in [-0.4, -0.2) is 29.6 Å². The van der Waals surface area contributed by atoms with Crippen LogP contribution in [0.1, 0.15) is 37.3 Å². The Labute approximate surface area is 125 Å². The van der Waals surface area contributed by atoms with Crippen LogP contribution in [0.15, 0.2) is 18.2 Å². The van der Waals surface area contributed by atoms with Crippen molar-refractivity contribution in [3.63, 3.8) is 0 Å². The van der Waals surface area contributed by atoms with Crippen LogP contribution in [0.3, 0.4) is 0 Å². The van der Waals surface area contributed by atoms with Gasteiger partial charge in [0.2, 0.25) is 0 Å². The third kappa shape index (κ3) is 5.85. The summed E-state index contributed by atoms with van der Waals surface area (Å²) < 4.78 is 5.46. The highest BCUT2D eigenvalue weighted by Gasteiger charge is 2.19. The first-order chi connectivity index (χ1) is 9.93. The first-order valence-corrected chi connectivity index (χ1v) is 7.16. The number of aliphatic carboxylic acids is 1. The maximum Gasteiger partial charge on any atom is 0.326 e. The van der Waals surface area contributed by atoms with Crippen LogP contribution in [-0.2, 0) is 9.59 Å². The van der Waals surface area contributed by atoms with Crippen molar-refractivity contribution in [2.24, 2.45) is 0 Å². The summed E-state index contributed by atoms with van der Waals surface area (Å²) in [6.07, 6.45) is 2.08. The molecule has 116 valence electrons. The fraction of sp³-hybridized carbons (Fsp3) is 0.500. The van der Waals surface area contributed by atoms with Crippen molar-refractivity contribution in [2.75, 3.05) is 6.61 Å². The third-order valence-corrected chi connectivity index (χ3v) is 3.18. The standard InChI is InChI=1S/C16H23NO4/c1-4-5-6-13(16(19)20)17-15(18)10-21-14-9-11(2)7-8-12(14)3/h7-9,13H,4-6,10H2,1-3H3,(H,17,18)(H,19,20)/t13-/m0/s1. The van der Waals surface area contributed by atoms with E-state index in [0.29, 0.717) is 12.2 Å². The molecule has 0 saturated carbocycles. The Balaban J connectivity index is 2.52. The number of amides is 1. The minimum Gasteiger partial charge on any atom is -0.483 e. The molecule has 5 nitrogen and oxygen atoms in total. The van der Waals surface area contributed by atoms with Gasteiger partial charge in [0, 0.05) is 0 Å². The first kappa shape index (κ1) is 17.0. The second kappa shape index (κ2) is 8.29. The summed E-state index contributed by atoms with van der Waals surface area (Å²) in [6, 6.07) is 4.89. The summed E-state index contributed by atoms with van der Waals surface area (Å²) in [5.74, 6) is -0.784. The second-order valence-electron chi connectivity index (χ2n) is 5.16. The molecule has 1 aromatic rings. The van der Waals surface area contributed by atoms with Gasteiger partial charge in [-0.25, -0.2) is 4.79 Å². The Bertz CT molecular complexity index is 499. The minimum atomic E-state index is -1.01. The van der Waals surface area contributed by atoms with Crippen LogP contribution in [0, 0.1) is 13.8 Å². The third-order valence-electron chi connectivity index (χ3n) is 3.18. The van der Waals surface area contributed by atoms with Gasteiger partial charge in [-0.3, -0.25) is 4.79 Å². The van der Waals surface area contributed by atoms with E-state index in [1.807, 2.05) is 39.0 Å². The Morgan fingerprint density at radius 3 is 2.67 bits per heavy atom. The molecule has 2 N–H and O–H groups in total. The second-order valence-corrected chi connectivity index (χ2v) is 5.16. The van der Waals surface area contributed by atoms with Gasteiger partial charge in [0.15, 0.2) is 6.61 Å². The van der Waals surface area contributed by atoms with E-state index in [2.05, 4.69) is 5.32 Å². The van der Waals surface area contributed by atoms with E-state index in [4.69, 9.17) is 9.84 Å². The van der Waals surface area contributed by atoms with Crippen molar-refractivity contribution >= 4 is 11.9 Å². The summed E-state index contributed by atoms with van der Waals surface area (Å²) >= 11 is 0. The first-order valence-electron chi connectivity index (χ1n) is 7.16. The number of hydrogen-bond acceptors (Lipinski definition) is 3. The average Bonchev–Trinajstić information content (AvgIpc) is 2.44. The number of carbonyl (C=O) groups excluding carboxylic acids is 1. The van der Waals surface area contributed by atoms with Crippen LogP contribution in [0.5, 0.6) is 5.75 Å². The number of nitrogens with one attached hydrogen (secondary N) is 1. The Hall–Kier alpha value is -2.04. The number of rotatable bonds is 8. The maximum atomic E-state index is 11.8. The molecule has 1 amide bonds. The molecule has 0 aromatic heterocycles. The van der Waals surface area contributed by atoms with Crippen LogP contribution >= 0.6 is 0 Å². The Morgan fingerprint density at radius 2 is 2.05 bits per heavy atom. The van der Waals surface area contributed by atoms with E-state index >= 15 is 0 Å². The maximum absolute atomic E-state index is 11.8. The van der Waals surface area contributed by atoms with E-state index in [-0.39, 0.29) is 6.61 Å². The van der Waals surface area contributed by atoms with E-state index in [1.54, 1.807) is 0 Å². The zero-order valence-corrected chi connectivity index (χ0v) is 12.8. The molecule has 1 atom stereocenters. The van der Waals surface area contributed by atoms with Crippen LogP contribution < -0.4 is 10.1 Å². The molecule has 0 radical (unpaired) electrons. The summed E-state index contributed by atoms with van der Waals surface area (Å²) in [6.45, 7) is 5.64. The van der Waals surface area contributed by atoms with Gasteiger partial charge in [-0.15, -0.1) is 0 Å².